The molecule has 1 aliphatic carbocycles. The van der Waals surface area contributed by atoms with Gasteiger partial charge in [0.2, 0.25) is 0 Å². The lowest BCUT2D eigenvalue weighted by molar-refractivity contribution is -0.110. The molecule has 1 saturated heterocycles. The first kappa shape index (κ1) is 14.8. The maximum Gasteiger partial charge on any atom is 0.120 e. The molecule has 1 atom stereocenters. The van der Waals surface area contributed by atoms with Crippen LogP contribution >= 0.6 is 0 Å². The molecule has 2 fully saturated rings. The number of rotatable bonds is 6. The Bertz CT molecular complexity index is 467. The van der Waals surface area contributed by atoms with Crippen LogP contribution in [0.25, 0.3) is 0 Å². The van der Waals surface area contributed by atoms with E-state index < -0.39 is 0 Å². The van der Waals surface area contributed by atoms with Gasteiger partial charge >= 0.3 is 0 Å². The second-order valence-electron chi connectivity index (χ2n) is 5.99. The highest BCUT2D eigenvalue weighted by Crippen LogP contribution is 2.38. The molecule has 4 nitrogen and oxygen atoms in total. The summed E-state index contributed by atoms with van der Waals surface area (Å²) < 4.78 is 17.4. The molecule has 1 aliphatic heterocycles. The van der Waals surface area contributed by atoms with Gasteiger partial charge in [-0.25, -0.2) is 0 Å². The van der Waals surface area contributed by atoms with Gasteiger partial charge in [0.15, 0.2) is 0 Å². The predicted octanol–water partition coefficient (Wildman–Crippen LogP) is 2.68. The van der Waals surface area contributed by atoms with Gasteiger partial charge in [-0.1, -0.05) is 12.1 Å². The van der Waals surface area contributed by atoms with Gasteiger partial charge in [-0.2, -0.15) is 0 Å². The zero-order chi connectivity index (χ0) is 14.7. The zero-order valence-corrected chi connectivity index (χ0v) is 12.9. The smallest absolute Gasteiger partial charge is 0.120 e. The first-order valence-corrected chi connectivity index (χ1v) is 7.84. The number of likely N-dealkylation sites (N-methyl/N-ethyl adjacent to an activating group) is 1. The molecule has 1 aromatic rings. The van der Waals surface area contributed by atoms with E-state index in [4.69, 9.17) is 14.2 Å². The molecule has 1 saturated carbocycles. The van der Waals surface area contributed by atoms with Crippen LogP contribution in [0.3, 0.4) is 0 Å². The summed E-state index contributed by atoms with van der Waals surface area (Å²) in [5.74, 6) is 0.966. The van der Waals surface area contributed by atoms with Crippen LogP contribution in [0.2, 0.25) is 0 Å². The van der Waals surface area contributed by atoms with E-state index in [2.05, 4.69) is 23.5 Å². The van der Waals surface area contributed by atoms with Crippen molar-refractivity contribution < 1.29 is 14.2 Å². The number of hydrogen-bond acceptors (Lipinski definition) is 4. The fraction of sp³-hybridized carbons (Fsp3) is 0.647. The lowest BCUT2D eigenvalue weighted by atomic mass is 9.82. The summed E-state index contributed by atoms with van der Waals surface area (Å²) in [6, 6.07) is 8.56. The van der Waals surface area contributed by atoms with Crippen molar-refractivity contribution in [3.05, 3.63) is 29.8 Å². The quantitative estimate of drug-likeness (QED) is 0.875. The highest BCUT2D eigenvalue weighted by atomic mass is 16.5. The Morgan fingerprint density at radius 2 is 2.05 bits per heavy atom. The molecule has 1 N–H and O–H groups in total. The average molecular weight is 291 g/mol. The van der Waals surface area contributed by atoms with E-state index in [1.165, 1.54) is 18.4 Å². The van der Waals surface area contributed by atoms with Crippen molar-refractivity contribution >= 4 is 0 Å². The summed E-state index contributed by atoms with van der Waals surface area (Å²) in [6.07, 6.45) is 4.59. The molecule has 1 aromatic carbocycles. The number of hydrogen-bond donors (Lipinski definition) is 1. The molecule has 2 aliphatic rings. The second-order valence-corrected chi connectivity index (χ2v) is 5.99. The summed E-state index contributed by atoms with van der Waals surface area (Å²) in [5, 5.41) is 3.44. The molecule has 0 bridgehead atoms. The third-order valence-electron chi connectivity index (χ3n) is 4.58. The van der Waals surface area contributed by atoms with Crippen LogP contribution in [0.15, 0.2) is 24.3 Å². The number of methoxy groups -OCH3 is 1. The van der Waals surface area contributed by atoms with Crippen LogP contribution in [0.1, 0.15) is 37.3 Å². The third kappa shape index (κ3) is 3.23. The molecule has 0 aromatic heterocycles. The first-order chi connectivity index (χ1) is 10.3. The van der Waals surface area contributed by atoms with Crippen molar-refractivity contribution in [2.75, 3.05) is 27.4 Å². The minimum absolute atomic E-state index is 0.147. The van der Waals surface area contributed by atoms with Crippen LogP contribution in [0, 0.1) is 0 Å². The van der Waals surface area contributed by atoms with Crippen molar-refractivity contribution in [3.8, 4) is 5.75 Å². The number of benzene rings is 1. The topological polar surface area (TPSA) is 39.7 Å². The van der Waals surface area contributed by atoms with E-state index >= 15 is 0 Å². The van der Waals surface area contributed by atoms with Gasteiger partial charge in [-0.15, -0.1) is 0 Å². The largest absolute Gasteiger partial charge is 0.490 e. The summed E-state index contributed by atoms with van der Waals surface area (Å²) in [6.45, 7) is 1.51. The Balaban J connectivity index is 1.83. The molecule has 0 amide bonds. The SMILES string of the molecule is CNC(c1cccc(OC2CC2)c1)C1(OC)CCOCC1. The minimum Gasteiger partial charge on any atom is -0.490 e. The summed E-state index contributed by atoms with van der Waals surface area (Å²) in [4.78, 5) is 0. The van der Waals surface area contributed by atoms with Gasteiger partial charge in [0.05, 0.1) is 17.7 Å². The number of ether oxygens (including phenoxy) is 3. The summed E-state index contributed by atoms with van der Waals surface area (Å²) in [5.41, 5.74) is 1.02. The van der Waals surface area contributed by atoms with Gasteiger partial charge in [0.25, 0.3) is 0 Å². The molecule has 4 heteroatoms. The summed E-state index contributed by atoms with van der Waals surface area (Å²) in [7, 11) is 3.80. The second kappa shape index (κ2) is 6.34. The van der Waals surface area contributed by atoms with Crippen LogP contribution < -0.4 is 10.1 Å². The van der Waals surface area contributed by atoms with Gasteiger partial charge in [-0.3, -0.25) is 0 Å². The molecule has 1 heterocycles. The molecular weight excluding hydrogens is 266 g/mol. The van der Waals surface area contributed by atoms with Crippen molar-refractivity contribution in [3.63, 3.8) is 0 Å². The van der Waals surface area contributed by atoms with E-state index in [1.54, 1.807) is 7.11 Å². The fourth-order valence-corrected chi connectivity index (χ4v) is 3.21. The Morgan fingerprint density at radius 3 is 2.67 bits per heavy atom. The van der Waals surface area contributed by atoms with Crippen LogP contribution in [0.4, 0.5) is 0 Å². The molecule has 0 radical (unpaired) electrons. The number of nitrogens with one attached hydrogen (secondary N) is 1. The summed E-state index contributed by atoms with van der Waals surface area (Å²) >= 11 is 0. The van der Waals surface area contributed by atoms with E-state index in [9.17, 15) is 0 Å². The Morgan fingerprint density at radius 1 is 1.29 bits per heavy atom. The van der Waals surface area contributed by atoms with Gasteiger partial charge in [-0.05, 0) is 37.6 Å². The molecule has 116 valence electrons. The maximum absolute atomic E-state index is 5.94. The predicted molar refractivity (Wildman–Crippen MR) is 81.7 cm³/mol. The molecular formula is C17H25NO3. The van der Waals surface area contributed by atoms with E-state index in [-0.39, 0.29) is 11.6 Å². The highest BCUT2D eigenvalue weighted by Gasteiger charge is 2.41. The average Bonchev–Trinajstić information content (AvgIpc) is 3.33. The minimum atomic E-state index is -0.203. The van der Waals surface area contributed by atoms with E-state index in [0.717, 1.165) is 31.8 Å². The van der Waals surface area contributed by atoms with Gasteiger partial charge in [0.1, 0.15) is 5.75 Å². The van der Waals surface area contributed by atoms with Crippen molar-refractivity contribution in [1.29, 1.82) is 0 Å². The zero-order valence-electron chi connectivity index (χ0n) is 12.9. The lowest BCUT2D eigenvalue weighted by Gasteiger charge is -2.42. The molecule has 3 rings (SSSR count). The normalized spacial score (nSPS) is 22.8. The fourth-order valence-electron chi connectivity index (χ4n) is 3.21. The third-order valence-corrected chi connectivity index (χ3v) is 4.58. The highest BCUT2D eigenvalue weighted by molar-refractivity contribution is 5.33. The monoisotopic (exact) mass is 291 g/mol. The maximum atomic E-state index is 5.94. The molecule has 21 heavy (non-hydrogen) atoms. The van der Waals surface area contributed by atoms with Crippen molar-refractivity contribution in [2.45, 2.75) is 43.4 Å². The Kier molecular flexibility index (Phi) is 4.48. The van der Waals surface area contributed by atoms with Crippen molar-refractivity contribution in [2.24, 2.45) is 0 Å². The Labute approximate surface area is 126 Å². The van der Waals surface area contributed by atoms with E-state index in [1.807, 2.05) is 13.1 Å². The van der Waals surface area contributed by atoms with Gasteiger partial charge in [0, 0.05) is 33.2 Å². The molecule has 1 unspecified atom stereocenters. The van der Waals surface area contributed by atoms with Crippen molar-refractivity contribution in [1.82, 2.24) is 5.32 Å². The van der Waals surface area contributed by atoms with Crippen LogP contribution in [-0.2, 0) is 9.47 Å². The van der Waals surface area contributed by atoms with E-state index in [0.29, 0.717) is 6.10 Å². The lowest BCUT2D eigenvalue weighted by Crippen LogP contribution is -2.48. The van der Waals surface area contributed by atoms with Crippen LogP contribution in [0.5, 0.6) is 5.75 Å². The molecule has 0 spiro atoms. The van der Waals surface area contributed by atoms with Gasteiger partial charge < -0.3 is 19.5 Å². The Hall–Kier alpha value is -1.10. The first-order valence-electron chi connectivity index (χ1n) is 7.84. The van der Waals surface area contributed by atoms with Crippen LogP contribution in [-0.4, -0.2) is 39.1 Å². The standard InChI is InChI=1S/C17H25NO3/c1-18-16(17(19-2)8-10-20-11-9-17)13-4-3-5-15(12-13)21-14-6-7-14/h3-5,12,14,16,18H,6-11H2,1-2H3.